The number of benzene rings is 1. The summed E-state index contributed by atoms with van der Waals surface area (Å²) in [7, 11) is -2.35. The van der Waals surface area contributed by atoms with Gasteiger partial charge in [-0.25, -0.2) is 17.5 Å². The van der Waals surface area contributed by atoms with Crippen molar-refractivity contribution in [2.75, 3.05) is 5.32 Å². The van der Waals surface area contributed by atoms with Gasteiger partial charge in [0, 0.05) is 24.5 Å². The Morgan fingerprint density at radius 3 is 2.74 bits per heavy atom. The molecule has 0 bridgehead atoms. The van der Waals surface area contributed by atoms with E-state index >= 15 is 0 Å². The molecule has 2 atom stereocenters. The van der Waals surface area contributed by atoms with E-state index in [1.807, 2.05) is 0 Å². The van der Waals surface area contributed by atoms with E-state index in [1.54, 1.807) is 14.0 Å². The van der Waals surface area contributed by atoms with Crippen LogP contribution in [0.15, 0.2) is 35.4 Å². The Balaban J connectivity index is 2.03. The minimum Gasteiger partial charge on any atom is -0.391 e. The summed E-state index contributed by atoms with van der Waals surface area (Å²) in [4.78, 5) is 12.7. The van der Waals surface area contributed by atoms with E-state index in [9.17, 15) is 22.7 Å². The van der Waals surface area contributed by atoms with Crippen LogP contribution in [-0.2, 0) is 17.1 Å². The molecule has 1 aromatic heterocycles. The van der Waals surface area contributed by atoms with Crippen LogP contribution in [0.4, 0.5) is 10.1 Å². The summed E-state index contributed by atoms with van der Waals surface area (Å²) >= 11 is 0. The van der Waals surface area contributed by atoms with Gasteiger partial charge in [0.25, 0.3) is 5.91 Å². The highest BCUT2D eigenvalue weighted by molar-refractivity contribution is 7.89. The second-order valence-electron chi connectivity index (χ2n) is 6.53. The molecule has 144 valence electrons. The lowest BCUT2D eigenvalue weighted by atomic mass is 10.1. The summed E-state index contributed by atoms with van der Waals surface area (Å²) in [5.74, 6) is -0.912. The molecule has 1 unspecified atom stereocenters. The van der Waals surface area contributed by atoms with Gasteiger partial charge >= 0.3 is 0 Å². The number of carbonyl (C=O) groups is 1. The lowest BCUT2D eigenvalue weighted by Crippen LogP contribution is -2.39. The number of hydrogen-bond donors (Lipinski definition) is 3. The normalized spacial score (nSPS) is 19.2. The molecule has 1 amide bonds. The number of sulfonamides is 1. The number of amides is 1. The first-order valence-corrected chi connectivity index (χ1v) is 9.74. The van der Waals surface area contributed by atoms with E-state index in [0.29, 0.717) is 11.3 Å². The molecule has 1 aliphatic rings. The van der Waals surface area contributed by atoms with Crippen LogP contribution in [0.3, 0.4) is 0 Å². The van der Waals surface area contributed by atoms with E-state index in [0.717, 1.165) is 0 Å². The average molecular weight is 393 g/mol. The predicted octanol–water partition coefficient (Wildman–Crippen LogP) is 1.78. The molecule has 0 fully saturated rings. The lowest BCUT2D eigenvalue weighted by molar-refractivity contribution is 0.101. The van der Waals surface area contributed by atoms with Crippen molar-refractivity contribution in [1.82, 2.24) is 9.29 Å². The number of fused-ring (bicyclic) bond motifs is 1. The van der Waals surface area contributed by atoms with E-state index in [2.05, 4.69) is 10.0 Å². The van der Waals surface area contributed by atoms with Gasteiger partial charge in [-0.1, -0.05) is 12.2 Å². The smallest absolute Gasteiger partial charge is 0.272 e. The maximum absolute atomic E-state index is 13.4. The number of halogens is 1. The van der Waals surface area contributed by atoms with Gasteiger partial charge in [0.2, 0.25) is 10.0 Å². The van der Waals surface area contributed by atoms with Crippen molar-refractivity contribution >= 4 is 27.7 Å². The zero-order chi connectivity index (χ0) is 19.9. The fourth-order valence-electron chi connectivity index (χ4n) is 2.93. The highest BCUT2D eigenvalue weighted by Crippen LogP contribution is 2.27. The Labute approximate surface area is 156 Å². The van der Waals surface area contributed by atoms with Crippen LogP contribution in [0, 0.1) is 12.7 Å². The van der Waals surface area contributed by atoms with Gasteiger partial charge in [0.15, 0.2) is 0 Å². The molecule has 0 saturated heterocycles. The Morgan fingerprint density at radius 1 is 1.41 bits per heavy atom. The number of anilines is 1. The second-order valence-corrected chi connectivity index (χ2v) is 8.21. The minimum atomic E-state index is -3.92. The van der Waals surface area contributed by atoms with Crippen LogP contribution < -0.4 is 10.0 Å². The minimum absolute atomic E-state index is 0.0511. The SMILES string of the molecule is Cc1cc(NC(=O)c2c3c(cn2C)S(=O)(=O)NC([C@H](C)O)C=C3)ccc1F. The molecule has 3 N–H and O–H groups in total. The molecular weight excluding hydrogens is 373 g/mol. The third-order valence-electron chi connectivity index (χ3n) is 4.39. The summed E-state index contributed by atoms with van der Waals surface area (Å²) in [5.41, 5.74) is 1.14. The number of nitrogens with zero attached hydrogens (tertiary/aromatic N) is 1. The van der Waals surface area contributed by atoms with E-state index in [-0.39, 0.29) is 22.0 Å². The molecule has 9 heteroatoms. The monoisotopic (exact) mass is 393 g/mol. The number of aliphatic hydroxyl groups excluding tert-OH is 1. The lowest BCUT2D eigenvalue weighted by Gasteiger charge is -2.15. The van der Waals surface area contributed by atoms with Crippen molar-refractivity contribution in [3.63, 3.8) is 0 Å². The molecular formula is C18H20FN3O4S. The fraction of sp³-hybridized carbons (Fsp3) is 0.278. The largest absolute Gasteiger partial charge is 0.391 e. The molecule has 27 heavy (non-hydrogen) atoms. The Bertz CT molecular complexity index is 1040. The van der Waals surface area contributed by atoms with Crippen LogP contribution in [-0.4, -0.2) is 36.1 Å². The third kappa shape index (κ3) is 3.66. The van der Waals surface area contributed by atoms with Crippen molar-refractivity contribution in [2.45, 2.75) is 30.9 Å². The first kappa shape index (κ1) is 19.3. The molecule has 0 aliphatic carbocycles. The first-order valence-electron chi connectivity index (χ1n) is 8.25. The summed E-state index contributed by atoms with van der Waals surface area (Å²) in [6, 6.07) is 3.37. The standard InChI is InChI=1S/C18H20FN3O4S/c1-10-8-12(4-6-14(10)19)20-18(24)17-13-5-7-15(11(2)23)21-27(25,26)16(13)9-22(17)3/h4-9,11,15,21,23H,1-3H3,(H,20,24)/t11-,15?/m0/s1. The zero-order valence-electron chi connectivity index (χ0n) is 15.0. The van der Waals surface area contributed by atoms with Gasteiger partial charge in [-0.05, 0) is 37.6 Å². The van der Waals surface area contributed by atoms with Crippen molar-refractivity contribution in [3.05, 3.63) is 53.1 Å². The topological polar surface area (TPSA) is 100 Å². The van der Waals surface area contributed by atoms with Gasteiger partial charge in [0.05, 0.1) is 12.1 Å². The predicted molar refractivity (Wildman–Crippen MR) is 99.3 cm³/mol. The van der Waals surface area contributed by atoms with Crippen LogP contribution in [0.1, 0.15) is 28.5 Å². The molecule has 7 nitrogen and oxygen atoms in total. The molecule has 0 spiro atoms. The van der Waals surface area contributed by atoms with Crippen LogP contribution >= 0.6 is 0 Å². The Hall–Kier alpha value is -2.49. The maximum Gasteiger partial charge on any atom is 0.272 e. The van der Waals surface area contributed by atoms with E-state index < -0.39 is 28.1 Å². The average Bonchev–Trinajstić information content (AvgIpc) is 2.85. The van der Waals surface area contributed by atoms with Gasteiger partial charge in [-0.15, -0.1) is 0 Å². The van der Waals surface area contributed by atoms with Crippen LogP contribution in [0.25, 0.3) is 6.08 Å². The number of aromatic nitrogens is 1. The fourth-order valence-corrected chi connectivity index (χ4v) is 4.44. The van der Waals surface area contributed by atoms with Gasteiger partial charge < -0.3 is 15.0 Å². The highest BCUT2D eigenvalue weighted by atomic mass is 32.2. The van der Waals surface area contributed by atoms with Crippen LogP contribution in [0.2, 0.25) is 0 Å². The van der Waals surface area contributed by atoms with Crippen molar-refractivity contribution in [2.24, 2.45) is 7.05 Å². The maximum atomic E-state index is 13.4. The summed E-state index contributed by atoms with van der Waals surface area (Å²) in [6.45, 7) is 3.05. The highest BCUT2D eigenvalue weighted by Gasteiger charge is 2.31. The summed E-state index contributed by atoms with van der Waals surface area (Å²) < 4.78 is 42.4. The zero-order valence-corrected chi connectivity index (χ0v) is 15.8. The molecule has 0 radical (unpaired) electrons. The van der Waals surface area contributed by atoms with Crippen molar-refractivity contribution < 1.29 is 22.7 Å². The third-order valence-corrected chi connectivity index (χ3v) is 5.87. The van der Waals surface area contributed by atoms with Gasteiger partial charge in [-0.3, -0.25) is 4.79 Å². The second kappa shape index (κ2) is 6.91. The number of carbonyl (C=O) groups excluding carboxylic acids is 1. The van der Waals surface area contributed by atoms with E-state index in [1.165, 1.54) is 48.0 Å². The molecule has 2 heterocycles. The summed E-state index contributed by atoms with van der Waals surface area (Å²) in [5, 5.41) is 12.4. The molecule has 0 saturated carbocycles. The first-order chi connectivity index (χ1) is 12.6. The molecule has 1 aliphatic heterocycles. The van der Waals surface area contributed by atoms with Crippen LogP contribution in [0.5, 0.6) is 0 Å². The Morgan fingerprint density at radius 2 is 2.11 bits per heavy atom. The quantitative estimate of drug-likeness (QED) is 0.740. The van der Waals surface area contributed by atoms with Crippen molar-refractivity contribution in [3.8, 4) is 0 Å². The number of aryl methyl sites for hydroxylation is 2. The molecule has 2 aromatic rings. The number of rotatable bonds is 3. The number of aliphatic hydroxyl groups is 1. The Kier molecular flexibility index (Phi) is 4.94. The molecule has 1 aromatic carbocycles. The number of nitrogens with one attached hydrogen (secondary N) is 2. The molecule has 3 rings (SSSR count). The van der Waals surface area contributed by atoms with E-state index in [4.69, 9.17) is 0 Å². The van der Waals surface area contributed by atoms with Gasteiger partial charge in [-0.2, -0.15) is 0 Å². The van der Waals surface area contributed by atoms with Crippen molar-refractivity contribution in [1.29, 1.82) is 0 Å². The number of hydrogen-bond acceptors (Lipinski definition) is 4. The summed E-state index contributed by atoms with van der Waals surface area (Å²) in [6.07, 6.45) is 3.42. The van der Waals surface area contributed by atoms with Gasteiger partial charge in [0.1, 0.15) is 16.4 Å².